The SMILES string of the molecule is CNc1cc(C)nc2ccc(N3CCCOCC3)cc12. The van der Waals surface area contributed by atoms with Gasteiger partial charge >= 0.3 is 0 Å². The number of nitrogens with zero attached hydrogens (tertiary/aromatic N) is 2. The van der Waals surface area contributed by atoms with Crippen LogP contribution in [0.2, 0.25) is 0 Å². The Kier molecular flexibility index (Phi) is 3.74. The summed E-state index contributed by atoms with van der Waals surface area (Å²) >= 11 is 0. The van der Waals surface area contributed by atoms with Crippen molar-refractivity contribution in [3.8, 4) is 0 Å². The fourth-order valence-corrected chi connectivity index (χ4v) is 2.75. The van der Waals surface area contributed by atoms with Crippen LogP contribution in [-0.4, -0.2) is 38.3 Å². The molecule has 1 saturated heterocycles. The largest absolute Gasteiger partial charge is 0.388 e. The van der Waals surface area contributed by atoms with Gasteiger partial charge in [-0.15, -0.1) is 0 Å². The van der Waals surface area contributed by atoms with Gasteiger partial charge in [0.1, 0.15) is 0 Å². The molecule has 2 heterocycles. The maximum atomic E-state index is 5.53. The second kappa shape index (κ2) is 5.67. The summed E-state index contributed by atoms with van der Waals surface area (Å²) in [4.78, 5) is 7.00. The third-order valence-corrected chi connectivity index (χ3v) is 3.78. The van der Waals surface area contributed by atoms with Crippen LogP contribution in [0.25, 0.3) is 10.9 Å². The Morgan fingerprint density at radius 2 is 2.10 bits per heavy atom. The van der Waals surface area contributed by atoms with E-state index in [0.29, 0.717) is 0 Å². The average molecular weight is 271 g/mol. The van der Waals surface area contributed by atoms with Crippen LogP contribution in [0.4, 0.5) is 11.4 Å². The van der Waals surface area contributed by atoms with Crippen LogP contribution in [0, 0.1) is 6.92 Å². The highest BCUT2D eigenvalue weighted by Gasteiger charge is 2.12. The molecule has 0 aliphatic carbocycles. The molecule has 1 aromatic carbocycles. The van der Waals surface area contributed by atoms with Gasteiger partial charge < -0.3 is 15.0 Å². The smallest absolute Gasteiger partial charge is 0.0727 e. The van der Waals surface area contributed by atoms with Crippen molar-refractivity contribution in [2.24, 2.45) is 0 Å². The molecule has 0 radical (unpaired) electrons. The minimum absolute atomic E-state index is 0.809. The zero-order chi connectivity index (χ0) is 13.9. The summed E-state index contributed by atoms with van der Waals surface area (Å²) < 4.78 is 5.53. The molecule has 0 bridgehead atoms. The highest BCUT2D eigenvalue weighted by atomic mass is 16.5. The fraction of sp³-hybridized carbons (Fsp3) is 0.438. The number of anilines is 2. The van der Waals surface area contributed by atoms with E-state index in [9.17, 15) is 0 Å². The predicted molar refractivity (Wildman–Crippen MR) is 83.7 cm³/mol. The zero-order valence-corrected chi connectivity index (χ0v) is 12.1. The van der Waals surface area contributed by atoms with E-state index in [-0.39, 0.29) is 0 Å². The minimum atomic E-state index is 0.809. The van der Waals surface area contributed by atoms with E-state index in [1.165, 1.54) is 11.1 Å². The van der Waals surface area contributed by atoms with E-state index in [1.54, 1.807) is 0 Å². The van der Waals surface area contributed by atoms with Crippen molar-refractivity contribution in [2.45, 2.75) is 13.3 Å². The third-order valence-electron chi connectivity index (χ3n) is 3.78. The summed E-state index contributed by atoms with van der Waals surface area (Å²) in [5.74, 6) is 0. The van der Waals surface area contributed by atoms with E-state index in [1.807, 2.05) is 14.0 Å². The number of hydrogen-bond donors (Lipinski definition) is 1. The highest BCUT2D eigenvalue weighted by molar-refractivity contribution is 5.93. The first kappa shape index (κ1) is 13.2. The molecule has 1 aromatic heterocycles. The summed E-state index contributed by atoms with van der Waals surface area (Å²) in [5.41, 5.74) is 4.48. The summed E-state index contributed by atoms with van der Waals surface area (Å²) in [6.45, 7) is 5.72. The van der Waals surface area contributed by atoms with Gasteiger partial charge in [0, 0.05) is 49.2 Å². The number of nitrogens with one attached hydrogen (secondary N) is 1. The molecule has 1 aliphatic heterocycles. The van der Waals surface area contributed by atoms with Gasteiger partial charge in [-0.25, -0.2) is 0 Å². The van der Waals surface area contributed by atoms with E-state index >= 15 is 0 Å². The quantitative estimate of drug-likeness (QED) is 0.911. The second-order valence-electron chi connectivity index (χ2n) is 5.22. The van der Waals surface area contributed by atoms with Gasteiger partial charge in [-0.05, 0) is 37.6 Å². The Morgan fingerprint density at radius 1 is 1.20 bits per heavy atom. The minimum Gasteiger partial charge on any atom is -0.388 e. The molecule has 0 spiro atoms. The van der Waals surface area contributed by atoms with Gasteiger partial charge in [-0.3, -0.25) is 4.98 Å². The van der Waals surface area contributed by atoms with Crippen molar-refractivity contribution in [2.75, 3.05) is 43.6 Å². The van der Waals surface area contributed by atoms with Crippen molar-refractivity contribution in [1.29, 1.82) is 0 Å². The molecule has 4 heteroatoms. The van der Waals surface area contributed by atoms with Crippen molar-refractivity contribution >= 4 is 22.3 Å². The number of aryl methyl sites for hydroxylation is 1. The molecule has 2 aromatic rings. The van der Waals surface area contributed by atoms with Crippen molar-refractivity contribution in [1.82, 2.24) is 4.98 Å². The highest BCUT2D eigenvalue weighted by Crippen LogP contribution is 2.28. The van der Waals surface area contributed by atoms with Crippen LogP contribution in [0.3, 0.4) is 0 Å². The molecule has 1 aliphatic rings. The van der Waals surface area contributed by atoms with Crippen LogP contribution < -0.4 is 10.2 Å². The first-order valence-electron chi connectivity index (χ1n) is 7.20. The number of benzene rings is 1. The summed E-state index contributed by atoms with van der Waals surface area (Å²) in [5, 5.41) is 4.45. The number of fused-ring (bicyclic) bond motifs is 1. The van der Waals surface area contributed by atoms with Crippen molar-refractivity contribution < 1.29 is 4.74 Å². The maximum Gasteiger partial charge on any atom is 0.0727 e. The van der Waals surface area contributed by atoms with E-state index < -0.39 is 0 Å². The lowest BCUT2D eigenvalue weighted by Crippen LogP contribution is -2.25. The monoisotopic (exact) mass is 271 g/mol. The molecular formula is C16H21N3O. The Morgan fingerprint density at radius 3 is 2.95 bits per heavy atom. The van der Waals surface area contributed by atoms with Gasteiger partial charge in [-0.2, -0.15) is 0 Å². The van der Waals surface area contributed by atoms with E-state index in [0.717, 1.165) is 49.6 Å². The lowest BCUT2D eigenvalue weighted by atomic mass is 10.1. The standard InChI is InChI=1S/C16H21N3O/c1-12-10-16(17-2)14-11-13(4-5-15(14)18-12)19-6-3-8-20-9-7-19/h4-5,10-11H,3,6-9H2,1-2H3,(H,17,18). The second-order valence-corrected chi connectivity index (χ2v) is 5.22. The molecule has 0 amide bonds. The molecular weight excluding hydrogens is 250 g/mol. The molecule has 4 nitrogen and oxygen atoms in total. The Labute approximate surface area is 119 Å². The summed E-state index contributed by atoms with van der Waals surface area (Å²) in [7, 11) is 1.96. The number of ether oxygens (including phenoxy) is 1. The maximum absolute atomic E-state index is 5.53. The Bertz CT molecular complexity index is 604. The lowest BCUT2D eigenvalue weighted by molar-refractivity contribution is 0.152. The van der Waals surface area contributed by atoms with Crippen LogP contribution in [0.15, 0.2) is 24.3 Å². The molecule has 3 rings (SSSR count). The fourth-order valence-electron chi connectivity index (χ4n) is 2.75. The molecule has 106 valence electrons. The molecule has 0 atom stereocenters. The predicted octanol–water partition coefficient (Wildman–Crippen LogP) is 2.81. The number of pyridine rings is 1. The lowest BCUT2D eigenvalue weighted by Gasteiger charge is -2.22. The van der Waals surface area contributed by atoms with Gasteiger partial charge in [-0.1, -0.05) is 0 Å². The normalized spacial score (nSPS) is 16.2. The number of rotatable bonds is 2. The van der Waals surface area contributed by atoms with E-state index in [4.69, 9.17) is 4.74 Å². The number of hydrogen-bond acceptors (Lipinski definition) is 4. The van der Waals surface area contributed by atoms with Crippen LogP contribution in [0.5, 0.6) is 0 Å². The topological polar surface area (TPSA) is 37.4 Å². The molecule has 1 fully saturated rings. The van der Waals surface area contributed by atoms with Gasteiger partial charge in [0.25, 0.3) is 0 Å². The van der Waals surface area contributed by atoms with Crippen LogP contribution >= 0.6 is 0 Å². The van der Waals surface area contributed by atoms with Gasteiger partial charge in [0.2, 0.25) is 0 Å². The van der Waals surface area contributed by atoms with Gasteiger partial charge in [0.15, 0.2) is 0 Å². The number of aromatic nitrogens is 1. The van der Waals surface area contributed by atoms with Crippen LogP contribution in [-0.2, 0) is 4.74 Å². The van der Waals surface area contributed by atoms with Crippen LogP contribution in [0.1, 0.15) is 12.1 Å². The third kappa shape index (κ3) is 2.56. The molecule has 0 saturated carbocycles. The summed E-state index contributed by atoms with van der Waals surface area (Å²) in [6.07, 6.45) is 1.09. The van der Waals surface area contributed by atoms with Crippen molar-refractivity contribution in [3.63, 3.8) is 0 Å². The molecule has 1 N–H and O–H groups in total. The van der Waals surface area contributed by atoms with Gasteiger partial charge in [0.05, 0.1) is 12.1 Å². The van der Waals surface area contributed by atoms with E-state index in [2.05, 4.69) is 39.5 Å². The summed E-state index contributed by atoms with van der Waals surface area (Å²) in [6, 6.07) is 8.61. The molecule has 20 heavy (non-hydrogen) atoms. The Balaban J connectivity index is 2.02. The van der Waals surface area contributed by atoms with Crippen molar-refractivity contribution in [3.05, 3.63) is 30.0 Å². The molecule has 0 unspecified atom stereocenters. The Hall–Kier alpha value is -1.81. The average Bonchev–Trinajstić information content (AvgIpc) is 2.75. The zero-order valence-electron chi connectivity index (χ0n) is 12.1. The first-order chi connectivity index (χ1) is 9.78. The first-order valence-corrected chi connectivity index (χ1v) is 7.20.